The van der Waals surface area contributed by atoms with Crippen LogP contribution in [0.3, 0.4) is 0 Å². The minimum atomic E-state index is -0.977. The molecule has 0 N–H and O–H groups in total. The number of methoxy groups -OCH3 is 3. The lowest BCUT2D eigenvalue weighted by Crippen LogP contribution is -2.35. The predicted molar refractivity (Wildman–Crippen MR) is 201 cm³/mol. The molecule has 9 nitrogen and oxygen atoms in total. The van der Waals surface area contributed by atoms with E-state index in [1.165, 1.54) is 7.11 Å². The molecule has 5 aromatic rings. The number of hydrogen-bond acceptors (Lipinski definition) is 9. The van der Waals surface area contributed by atoms with Crippen LogP contribution in [0.2, 0.25) is 0 Å². The second-order valence-electron chi connectivity index (χ2n) is 13.0. The van der Waals surface area contributed by atoms with Crippen molar-refractivity contribution in [3.05, 3.63) is 131 Å². The number of benzene rings is 5. The van der Waals surface area contributed by atoms with Gasteiger partial charge >= 0.3 is 11.9 Å². The third kappa shape index (κ3) is 6.62. The van der Waals surface area contributed by atoms with Gasteiger partial charge in [-0.15, -0.1) is 0 Å². The first-order valence-corrected chi connectivity index (χ1v) is 17.6. The maximum absolute atomic E-state index is 12.5. The van der Waals surface area contributed by atoms with E-state index >= 15 is 0 Å². The van der Waals surface area contributed by atoms with Gasteiger partial charge in [0, 0.05) is 34.7 Å². The number of esters is 2. The van der Waals surface area contributed by atoms with Crippen LogP contribution in [-0.4, -0.2) is 59.7 Å². The smallest absolute Gasteiger partial charge is 0.306 e. The van der Waals surface area contributed by atoms with Crippen LogP contribution in [0.15, 0.2) is 103 Å². The standard InChI is InChI=1S/C44H42O9/c1-43(52-28-27-51-39(46)22-21-38(45)50-26-25-47-2)37-12-8-7-11-35(37)40-33-9-5-6-10-34(33)42-36(41(40)43)23-24-44(53-42,29-13-17-31(48-3)18-14-29)30-15-19-32(49-4)20-16-30/h5-20,23-24H,21-22,25-28H2,1-4H3. The van der Waals surface area contributed by atoms with Crippen LogP contribution in [0, 0.1) is 0 Å². The second-order valence-corrected chi connectivity index (χ2v) is 13.0. The molecule has 9 heteroatoms. The maximum Gasteiger partial charge on any atom is 0.306 e. The van der Waals surface area contributed by atoms with E-state index in [-0.39, 0.29) is 32.7 Å². The van der Waals surface area contributed by atoms with Crippen molar-refractivity contribution in [2.24, 2.45) is 0 Å². The molecule has 1 heterocycles. The Morgan fingerprint density at radius 2 is 1.23 bits per heavy atom. The molecule has 1 unspecified atom stereocenters. The zero-order chi connectivity index (χ0) is 37.0. The van der Waals surface area contributed by atoms with Crippen LogP contribution in [0.5, 0.6) is 17.2 Å². The van der Waals surface area contributed by atoms with Gasteiger partial charge in [0.2, 0.25) is 0 Å². The van der Waals surface area contributed by atoms with E-state index in [0.717, 1.165) is 67.0 Å². The monoisotopic (exact) mass is 714 g/mol. The third-order valence-electron chi connectivity index (χ3n) is 10.00. The average Bonchev–Trinajstić information content (AvgIpc) is 3.47. The van der Waals surface area contributed by atoms with Gasteiger partial charge in [-0.3, -0.25) is 9.59 Å². The quantitative estimate of drug-likeness (QED) is 0.0838. The van der Waals surface area contributed by atoms with Crippen LogP contribution in [0.1, 0.15) is 47.6 Å². The van der Waals surface area contributed by atoms with E-state index in [9.17, 15) is 9.59 Å². The van der Waals surface area contributed by atoms with E-state index in [0.29, 0.717) is 6.61 Å². The van der Waals surface area contributed by atoms with Gasteiger partial charge in [0.25, 0.3) is 0 Å². The van der Waals surface area contributed by atoms with Gasteiger partial charge in [-0.05, 0) is 59.3 Å². The van der Waals surface area contributed by atoms with E-state index in [4.69, 9.17) is 33.2 Å². The molecule has 272 valence electrons. The molecule has 5 aromatic carbocycles. The topological polar surface area (TPSA) is 98.8 Å². The lowest BCUT2D eigenvalue weighted by Gasteiger charge is -2.39. The summed E-state index contributed by atoms with van der Waals surface area (Å²) in [5, 5.41) is 2.02. The van der Waals surface area contributed by atoms with Crippen molar-refractivity contribution in [2.45, 2.75) is 31.0 Å². The average molecular weight is 715 g/mol. The Morgan fingerprint density at radius 1 is 0.660 bits per heavy atom. The summed E-state index contributed by atoms with van der Waals surface area (Å²) >= 11 is 0. The number of fused-ring (bicyclic) bond motifs is 8. The molecule has 2 aliphatic rings. The van der Waals surface area contributed by atoms with E-state index in [2.05, 4.69) is 43.3 Å². The largest absolute Gasteiger partial charge is 0.497 e. The van der Waals surface area contributed by atoms with Gasteiger partial charge in [-0.2, -0.15) is 0 Å². The maximum atomic E-state index is 12.5. The molecule has 0 fully saturated rings. The molecule has 0 amide bonds. The lowest BCUT2D eigenvalue weighted by atomic mass is 9.80. The Labute approximate surface area is 309 Å². The zero-order valence-corrected chi connectivity index (χ0v) is 30.3. The molecule has 53 heavy (non-hydrogen) atoms. The van der Waals surface area contributed by atoms with Gasteiger partial charge in [0.1, 0.15) is 36.1 Å². The summed E-state index contributed by atoms with van der Waals surface area (Å²) in [7, 11) is 4.83. The van der Waals surface area contributed by atoms with Crippen LogP contribution in [-0.2, 0) is 39.7 Å². The van der Waals surface area contributed by atoms with Crippen molar-refractivity contribution in [1.82, 2.24) is 0 Å². The highest BCUT2D eigenvalue weighted by Crippen LogP contribution is 2.58. The normalized spacial score (nSPS) is 16.2. The molecule has 0 aromatic heterocycles. The molecule has 1 aliphatic carbocycles. The first-order valence-electron chi connectivity index (χ1n) is 17.6. The number of hydrogen-bond donors (Lipinski definition) is 0. The molecule has 0 spiro atoms. The van der Waals surface area contributed by atoms with Gasteiger partial charge in [-0.25, -0.2) is 0 Å². The highest BCUT2D eigenvalue weighted by Gasteiger charge is 2.47. The van der Waals surface area contributed by atoms with Gasteiger partial charge in [0.05, 0.1) is 40.3 Å². The van der Waals surface area contributed by atoms with E-state index in [1.807, 2.05) is 72.8 Å². The molecular formula is C44H42O9. The fourth-order valence-corrected chi connectivity index (χ4v) is 7.41. The molecule has 0 saturated carbocycles. The summed E-state index contributed by atoms with van der Waals surface area (Å²) in [6.07, 6.45) is 4.11. The Bertz CT molecular complexity index is 2110. The van der Waals surface area contributed by atoms with Crippen molar-refractivity contribution in [2.75, 3.05) is 47.8 Å². The first-order chi connectivity index (χ1) is 25.8. The molecule has 1 atom stereocenters. The van der Waals surface area contributed by atoms with Crippen molar-refractivity contribution in [1.29, 1.82) is 0 Å². The van der Waals surface area contributed by atoms with Crippen LogP contribution in [0.4, 0.5) is 0 Å². The fourth-order valence-electron chi connectivity index (χ4n) is 7.41. The zero-order valence-electron chi connectivity index (χ0n) is 30.3. The van der Waals surface area contributed by atoms with Crippen molar-refractivity contribution in [3.8, 4) is 28.4 Å². The number of ether oxygens (including phenoxy) is 7. The van der Waals surface area contributed by atoms with Crippen molar-refractivity contribution in [3.63, 3.8) is 0 Å². The summed E-state index contributed by atoms with van der Waals surface area (Å²) in [6.45, 7) is 2.65. The SMILES string of the molecule is COCCOC(=O)CCC(=O)OCCOC1(C)c2ccccc2-c2c1c1c(c3ccccc23)OC(c2ccc(OC)cc2)(c2ccc(OC)cc2)C=C1. The summed E-state index contributed by atoms with van der Waals surface area (Å²) in [6, 6.07) is 32.5. The van der Waals surface area contributed by atoms with Crippen LogP contribution >= 0.6 is 0 Å². The Hall–Kier alpha value is -5.64. The van der Waals surface area contributed by atoms with Gasteiger partial charge < -0.3 is 33.2 Å². The highest BCUT2D eigenvalue weighted by atomic mass is 16.6. The minimum Gasteiger partial charge on any atom is -0.497 e. The number of rotatable bonds is 14. The predicted octanol–water partition coefficient (Wildman–Crippen LogP) is 7.98. The second kappa shape index (κ2) is 15.1. The Balaban J connectivity index is 1.26. The number of carbonyl (C=O) groups is 2. The number of carbonyl (C=O) groups excluding carboxylic acids is 2. The highest BCUT2D eigenvalue weighted by molar-refractivity contribution is 6.08. The van der Waals surface area contributed by atoms with E-state index in [1.54, 1.807) is 14.2 Å². The van der Waals surface area contributed by atoms with Crippen molar-refractivity contribution < 1.29 is 42.7 Å². The van der Waals surface area contributed by atoms with Gasteiger partial charge in [0.15, 0.2) is 5.60 Å². The molecule has 0 radical (unpaired) electrons. The van der Waals surface area contributed by atoms with E-state index < -0.39 is 23.1 Å². The first kappa shape index (κ1) is 35.7. The summed E-state index contributed by atoms with van der Waals surface area (Å²) in [5.74, 6) is 1.26. The fraction of sp³-hybridized carbons (Fsp3) is 0.273. The Kier molecular flexibility index (Phi) is 10.2. The van der Waals surface area contributed by atoms with Gasteiger partial charge in [-0.1, -0.05) is 78.9 Å². The minimum absolute atomic E-state index is 0.0187. The molecular weight excluding hydrogens is 672 g/mol. The van der Waals surface area contributed by atoms with Crippen LogP contribution < -0.4 is 14.2 Å². The van der Waals surface area contributed by atoms with Crippen LogP contribution in [0.25, 0.3) is 28.0 Å². The lowest BCUT2D eigenvalue weighted by molar-refractivity contribution is -0.152. The third-order valence-corrected chi connectivity index (χ3v) is 10.00. The molecule has 0 saturated heterocycles. The van der Waals surface area contributed by atoms with Crippen molar-refractivity contribution >= 4 is 28.8 Å². The summed E-state index contributed by atoms with van der Waals surface area (Å²) < 4.78 is 40.5. The molecule has 7 rings (SSSR count). The molecule has 0 bridgehead atoms. The summed E-state index contributed by atoms with van der Waals surface area (Å²) in [5.41, 5.74) is 5.03. The molecule has 1 aliphatic heterocycles. The summed E-state index contributed by atoms with van der Waals surface area (Å²) in [4.78, 5) is 24.4. The Morgan fingerprint density at radius 3 is 1.83 bits per heavy atom.